The molecule has 22 heavy (non-hydrogen) atoms. The fourth-order valence-corrected chi connectivity index (χ4v) is 3.17. The Morgan fingerprint density at radius 3 is 3.18 bits per heavy atom. The lowest BCUT2D eigenvalue weighted by Gasteiger charge is -2.21. The van der Waals surface area contributed by atoms with E-state index < -0.39 is 0 Å². The summed E-state index contributed by atoms with van der Waals surface area (Å²) in [5.41, 5.74) is 3.03. The Bertz CT molecular complexity index is 847. The summed E-state index contributed by atoms with van der Waals surface area (Å²) >= 11 is 0. The first-order valence-corrected chi connectivity index (χ1v) is 7.47. The molecule has 4 rings (SSSR count). The van der Waals surface area contributed by atoms with Gasteiger partial charge in [-0.1, -0.05) is 6.07 Å². The van der Waals surface area contributed by atoms with E-state index in [1.54, 1.807) is 12.5 Å². The minimum absolute atomic E-state index is 0.0315. The van der Waals surface area contributed by atoms with Crippen LogP contribution in [0.2, 0.25) is 0 Å². The molecule has 3 aromatic heterocycles. The zero-order valence-electron chi connectivity index (χ0n) is 12.4. The monoisotopic (exact) mass is 295 g/mol. The summed E-state index contributed by atoms with van der Waals surface area (Å²) in [4.78, 5) is 21.4. The Kier molecular flexibility index (Phi) is 2.96. The highest BCUT2D eigenvalue weighted by Crippen LogP contribution is 2.31. The van der Waals surface area contributed by atoms with E-state index in [9.17, 15) is 4.79 Å². The van der Waals surface area contributed by atoms with Crippen LogP contribution in [0.25, 0.3) is 5.52 Å². The van der Waals surface area contributed by atoms with Gasteiger partial charge in [0.05, 0.1) is 29.7 Å². The lowest BCUT2D eigenvalue weighted by atomic mass is 9.89. The molecule has 0 saturated heterocycles. The molecule has 1 atom stereocenters. The molecule has 0 aliphatic heterocycles. The third kappa shape index (κ3) is 1.99. The Balaban J connectivity index is 1.63. The number of aryl methyl sites for hydroxylation is 1. The lowest BCUT2D eigenvalue weighted by molar-refractivity contribution is -0.118. The maximum atomic E-state index is 12.7. The molecule has 112 valence electrons. The number of nitrogens with zero attached hydrogens (tertiary/aromatic N) is 4. The fourth-order valence-electron chi connectivity index (χ4n) is 3.17. The van der Waals surface area contributed by atoms with Crippen LogP contribution in [0, 0.1) is 0 Å². The minimum Gasteiger partial charge on any atom is -0.337 e. The van der Waals surface area contributed by atoms with Crippen LogP contribution in [-0.2, 0) is 18.3 Å². The Morgan fingerprint density at radius 2 is 2.27 bits per heavy atom. The van der Waals surface area contributed by atoms with Crippen molar-refractivity contribution >= 4 is 17.4 Å². The summed E-state index contributed by atoms with van der Waals surface area (Å²) in [5.74, 6) is 0.334. The number of rotatable bonds is 2. The molecule has 6 nitrogen and oxygen atoms in total. The summed E-state index contributed by atoms with van der Waals surface area (Å²) in [7, 11) is 1.98. The second-order valence-corrected chi connectivity index (χ2v) is 5.70. The van der Waals surface area contributed by atoms with Gasteiger partial charge in [-0.3, -0.25) is 14.5 Å². The molecule has 0 spiro atoms. The quantitative estimate of drug-likeness (QED) is 0.787. The fraction of sp³-hybridized carbons (Fsp3) is 0.312. The third-order valence-electron chi connectivity index (χ3n) is 4.32. The van der Waals surface area contributed by atoms with E-state index in [-0.39, 0.29) is 11.8 Å². The Hall–Kier alpha value is -2.63. The third-order valence-corrected chi connectivity index (χ3v) is 4.32. The van der Waals surface area contributed by atoms with Crippen LogP contribution in [-0.4, -0.2) is 24.8 Å². The van der Waals surface area contributed by atoms with E-state index in [2.05, 4.69) is 15.3 Å². The normalized spacial score (nSPS) is 17.4. The highest BCUT2D eigenvalue weighted by atomic mass is 16.2. The first-order valence-electron chi connectivity index (χ1n) is 7.47. The summed E-state index contributed by atoms with van der Waals surface area (Å²) in [5, 5.41) is 2.95. The SMILES string of the molecule is Cn1cnc2c1CCCC2C(=O)Nc1ncc2ccccn12. The van der Waals surface area contributed by atoms with Crippen LogP contribution in [0.15, 0.2) is 36.9 Å². The number of hydrogen-bond acceptors (Lipinski definition) is 3. The predicted octanol–water partition coefficient (Wildman–Crippen LogP) is 2.13. The van der Waals surface area contributed by atoms with Crippen molar-refractivity contribution in [1.82, 2.24) is 18.9 Å². The van der Waals surface area contributed by atoms with Crippen molar-refractivity contribution in [3.63, 3.8) is 0 Å². The van der Waals surface area contributed by atoms with Gasteiger partial charge in [-0.15, -0.1) is 0 Å². The highest BCUT2D eigenvalue weighted by Gasteiger charge is 2.30. The Labute approximate surface area is 127 Å². The largest absolute Gasteiger partial charge is 0.337 e. The van der Waals surface area contributed by atoms with Gasteiger partial charge in [-0.2, -0.15) is 0 Å². The molecule has 6 heteroatoms. The summed E-state index contributed by atoms with van der Waals surface area (Å²) in [6, 6.07) is 5.83. The van der Waals surface area contributed by atoms with E-state index in [0.717, 1.165) is 30.5 Å². The van der Waals surface area contributed by atoms with Crippen LogP contribution in [0.3, 0.4) is 0 Å². The zero-order chi connectivity index (χ0) is 15.1. The molecule has 1 unspecified atom stereocenters. The number of fused-ring (bicyclic) bond motifs is 2. The van der Waals surface area contributed by atoms with Crippen molar-refractivity contribution in [3.05, 3.63) is 48.3 Å². The maximum Gasteiger partial charge on any atom is 0.235 e. The molecule has 1 amide bonds. The zero-order valence-corrected chi connectivity index (χ0v) is 12.4. The van der Waals surface area contributed by atoms with Crippen molar-refractivity contribution in [2.45, 2.75) is 25.2 Å². The van der Waals surface area contributed by atoms with Crippen molar-refractivity contribution in [1.29, 1.82) is 0 Å². The molecule has 0 bridgehead atoms. The molecule has 1 aliphatic carbocycles. The summed E-state index contributed by atoms with van der Waals surface area (Å²) in [6.45, 7) is 0. The van der Waals surface area contributed by atoms with Crippen molar-refractivity contribution in [3.8, 4) is 0 Å². The Morgan fingerprint density at radius 1 is 1.36 bits per heavy atom. The highest BCUT2D eigenvalue weighted by molar-refractivity contribution is 5.95. The first kappa shape index (κ1) is 13.1. The number of hydrogen-bond donors (Lipinski definition) is 1. The molecule has 0 radical (unpaired) electrons. The van der Waals surface area contributed by atoms with Crippen molar-refractivity contribution < 1.29 is 4.79 Å². The minimum atomic E-state index is -0.194. The van der Waals surface area contributed by atoms with Gasteiger partial charge in [-0.25, -0.2) is 9.97 Å². The van der Waals surface area contributed by atoms with Gasteiger partial charge in [0.2, 0.25) is 11.9 Å². The number of aromatic nitrogens is 4. The first-order chi connectivity index (χ1) is 10.7. The van der Waals surface area contributed by atoms with E-state index >= 15 is 0 Å². The molecule has 0 fully saturated rings. The standard InChI is InChI=1S/C16H17N5O/c1-20-10-18-14-12(6-4-7-13(14)20)15(22)19-16-17-9-11-5-2-3-8-21(11)16/h2-3,5,8-10,12H,4,6-7H2,1H3,(H,17,19,22). The summed E-state index contributed by atoms with van der Waals surface area (Å²) < 4.78 is 3.89. The van der Waals surface area contributed by atoms with Gasteiger partial charge in [0.1, 0.15) is 0 Å². The van der Waals surface area contributed by atoms with Crippen LogP contribution in [0.4, 0.5) is 5.95 Å². The molecule has 3 heterocycles. The topological polar surface area (TPSA) is 64.2 Å². The second-order valence-electron chi connectivity index (χ2n) is 5.70. The van der Waals surface area contributed by atoms with E-state index in [1.807, 2.05) is 40.4 Å². The number of carbonyl (C=O) groups excluding carboxylic acids is 1. The van der Waals surface area contributed by atoms with Crippen LogP contribution < -0.4 is 5.32 Å². The molecule has 0 aromatic carbocycles. The molecular weight excluding hydrogens is 278 g/mol. The van der Waals surface area contributed by atoms with Gasteiger partial charge >= 0.3 is 0 Å². The molecule has 3 aromatic rings. The molecule has 1 aliphatic rings. The number of pyridine rings is 1. The van der Waals surface area contributed by atoms with E-state index in [4.69, 9.17) is 0 Å². The number of carbonyl (C=O) groups is 1. The van der Waals surface area contributed by atoms with Gasteiger partial charge in [-0.05, 0) is 31.4 Å². The number of amides is 1. The molecular formula is C16H17N5O. The van der Waals surface area contributed by atoms with Gasteiger partial charge in [0, 0.05) is 18.9 Å². The lowest BCUT2D eigenvalue weighted by Crippen LogP contribution is -2.26. The maximum absolute atomic E-state index is 12.7. The van der Waals surface area contributed by atoms with Crippen LogP contribution >= 0.6 is 0 Å². The number of nitrogens with one attached hydrogen (secondary N) is 1. The average Bonchev–Trinajstić information content (AvgIpc) is 3.12. The number of anilines is 1. The second kappa shape index (κ2) is 4.98. The molecule has 1 N–H and O–H groups in total. The predicted molar refractivity (Wildman–Crippen MR) is 82.7 cm³/mol. The van der Waals surface area contributed by atoms with E-state index in [0.29, 0.717) is 5.95 Å². The average molecular weight is 295 g/mol. The van der Waals surface area contributed by atoms with Crippen LogP contribution in [0.1, 0.15) is 30.1 Å². The smallest absolute Gasteiger partial charge is 0.235 e. The van der Waals surface area contributed by atoms with E-state index in [1.165, 1.54) is 5.69 Å². The van der Waals surface area contributed by atoms with Crippen molar-refractivity contribution in [2.24, 2.45) is 7.05 Å². The van der Waals surface area contributed by atoms with Crippen LogP contribution in [0.5, 0.6) is 0 Å². The number of imidazole rings is 2. The summed E-state index contributed by atoms with van der Waals surface area (Å²) in [6.07, 6.45) is 8.27. The van der Waals surface area contributed by atoms with Gasteiger partial charge < -0.3 is 4.57 Å². The molecule has 0 saturated carbocycles. The van der Waals surface area contributed by atoms with Gasteiger partial charge in [0.15, 0.2) is 0 Å². The van der Waals surface area contributed by atoms with Crippen molar-refractivity contribution in [2.75, 3.05) is 5.32 Å². The van der Waals surface area contributed by atoms with Gasteiger partial charge in [0.25, 0.3) is 0 Å².